The van der Waals surface area contributed by atoms with Crippen LogP contribution in [0.15, 0.2) is 55.1 Å². The summed E-state index contributed by atoms with van der Waals surface area (Å²) >= 11 is 0. The highest BCUT2D eigenvalue weighted by atomic mass is 19.1. The number of carbonyl (C=O) groups excluding carboxylic acids is 1. The van der Waals surface area contributed by atoms with Gasteiger partial charge in [-0.1, -0.05) is 0 Å². The first-order chi connectivity index (χ1) is 13.8. The average molecular weight is 396 g/mol. The molecule has 0 saturated carbocycles. The Morgan fingerprint density at radius 3 is 2.41 bits per heavy atom. The first kappa shape index (κ1) is 20.2. The van der Waals surface area contributed by atoms with E-state index in [1.807, 2.05) is 0 Å². The maximum absolute atomic E-state index is 13.1. The van der Waals surface area contributed by atoms with Gasteiger partial charge >= 0.3 is 0 Å². The Labute approximate surface area is 167 Å². The zero-order valence-corrected chi connectivity index (χ0v) is 16.0. The molecule has 0 fully saturated rings. The van der Waals surface area contributed by atoms with Crippen LogP contribution in [0.25, 0.3) is 0 Å². The molecule has 0 radical (unpaired) electrons. The molecule has 29 heavy (non-hydrogen) atoms. The van der Waals surface area contributed by atoms with Gasteiger partial charge in [-0.3, -0.25) is 9.78 Å². The molecular weight excluding hydrogens is 375 g/mol. The van der Waals surface area contributed by atoms with Crippen molar-refractivity contribution in [1.82, 2.24) is 15.0 Å². The maximum Gasteiger partial charge on any atom is 0.258 e. The topological polar surface area (TPSA) is 112 Å². The van der Waals surface area contributed by atoms with Crippen molar-refractivity contribution in [3.8, 4) is 0 Å². The normalized spacial score (nSPS) is 11.0. The van der Waals surface area contributed by atoms with Crippen molar-refractivity contribution in [3.05, 3.63) is 66.5 Å². The van der Waals surface area contributed by atoms with E-state index in [0.29, 0.717) is 23.0 Å². The quantitative estimate of drug-likeness (QED) is 0.485. The summed E-state index contributed by atoms with van der Waals surface area (Å²) in [6, 6.07) is 7.48. The second-order valence-corrected chi connectivity index (χ2v) is 6.97. The molecular formula is C20H21FN6O2. The first-order valence-electron chi connectivity index (χ1n) is 8.86. The van der Waals surface area contributed by atoms with Crippen molar-refractivity contribution in [3.63, 3.8) is 0 Å². The van der Waals surface area contributed by atoms with Crippen LogP contribution in [0.1, 0.15) is 24.2 Å². The molecule has 2 heterocycles. The summed E-state index contributed by atoms with van der Waals surface area (Å²) in [6.07, 6.45) is 5.89. The van der Waals surface area contributed by atoms with E-state index in [0.717, 1.165) is 0 Å². The average Bonchev–Trinajstić information content (AvgIpc) is 2.69. The lowest BCUT2D eigenvalue weighted by molar-refractivity contribution is 0.0942. The fourth-order valence-corrected chi connectivity index (χ4v) is 2.32. The van der Waals surface area contributed by atoms with Crippen molar-refractivity contribution in [2.24, 2.45) is 0 Å². The summed E-state index contributed by atoms with van der Waals surface area (Å²) in [5.41, 5.74) is 1.06. The van der Waals surface area contributed by atoms with Gasteiger partial charge in [0, 0.05) is 30.8 Å². The first-order valence-corrected chi connectivity index (χ1v) is 8.86. The van der Waals surface area contributed by atoms with Crippen LogP contribution in [0.4, 0.5) is 27.4 Å². The number of halogens is 1. The van der Waals surface area contributed by atoms with E-state index in [1.165, 1.54) is 24.5 Å². The third kappa shape index (κ3) is 5.94. The predicted octanol–water partition coefficient (Wildman–Crippen LogP) is 3.19. The molecule has 0 atom stereocenters. The van der Waals surface area contributed by atoms with Gasteiger partial charge in [-0.05, 0) is 44.2 Å². The van der Waals surface area contributed by atoms with Gasteiger partial charge in [0.1, 0.15) is 5.82 Å². The number of anilines is 4. The van der Waals surface area contributed by atoms with Crippen LogP contribution in [0.3, 0.4) is 0 Å². The van der Waals surface area contributed by atoms with Gasteiger partial charge in [0.05, 0.1) is 28.7 Å². The number of carbonyl (C=O) groups is 1. The zero-order valence-electron chi connectivity index (χ0n) is 16.0. The van der Waals surface area contributed by atoms with Crippen molar-refractivity contribution >= 4 is 28.9 Å². The molecule has 150 valence electrons. The van der Waals surface area contributed by atoms with Gasteiger partial charge in [0.2, 0.25) is 5.95 Å². The maximum atomic E-state index is 13.1. The molecule has 2 aromatic heterocycles. The number of aliphatic hydroxyl groups is 1. The largest absolute Gasteiger partial charge is 0.389 e. The standard InChI is InChI=1S/C20H21FN6O2/c1-20(2,29)12-25-19-23-9-13(10-24-19)18(28)27-16-7-8-22-11-17(16)26-15-5-3-14(21)4-6-15/h3-11,26,29H,12H2,1-2H3,(H,22,27,28)(H,23,24,25). The van der Waals surface area contributed by atoms with Gasteiger partial charge in [-0.25, -0.2) is 14.4 Å². The smallest absolute Gasteiger partial charge is 0.258 e. The van der Waals surface area contributed by atoms with E-state index in [9.17, 15) is 14.3 Å². The summed E-state index contributed by atoms with van der Waals surface area (Å²) in [6.45, 7) is 3.59. The lowest BCUT2D eigenvalue weighted by atomic mass is 10.1. The fraction of sp³-hybridized carbons (Fsp3) is 0.200. The third-order valence-corrected chi connectivity index (χ3v) is 3.79. The minimum atomic E-state index is -0.908. The highest BCUT2D eigenvalue weighted by molar-refractivity contribution is 6.05. The summed E-state index contributed by atoms with van der Waals surface area (Å²) in [7, 11) is 0. The molecule has 0 spiro atoms. The minimum Gasteiger partial charge on any atom is -0.389 e. The van der Waals surface area contributed by atoms with E-state index >= 15 is 0 Å². The number of aromatic nitrogens is 3. The van der Waals surface area contributed by atoms with Crippen LogP contribution in [0.5, 0.6) is 0 Å². The second kappa shape index (κ2) is 8.61. The van der Waals surface area contributed by atoms with Crippen LogP contribution in [-0.2, 0) is 0 Å². The van der Waals surface area contributed by atoms with Gasteiger partial charge in [-0.2, -0.15) is 0 Å². The Morgan fingerprint density at radius 1 is 1.07 bits per heavy atom. The Kier molecular flexibility index (Phi) is 5.99. The van der Waals surface area contributed by atoms with E-state index in [-0.39, 0.29) is 17.9 Å². The molecule has 0 aliphatic rings. The molecule has 9 heteroatoms. The van der Waals surface area contributed by atoms with Crippen LogP contribution < -0.4 is 16.0 Å². The SMILES string of the molecule is CC(C)(O)CNc1ncc(C(=O)Nc2ccncc2Nc2ccc(F)cc2)cn1. The zero-order chi connectivity index (χ0) is 20.9. The Morgan fingerprint density at radius 2 is 1.76 bits per heavy atom. The molecule has 1 amide bonds. The van der Waals surface area contributed by atoms with Gasteiger partial charge in [-0.15, -0.1) is 0 Å². The van der Waals surface area contributed by atoms with Gasteiger partial charge < -0.3 is 21.1 Å². The number of pyridine rings is 1. The lowest BCUT2D eigenvalue weighted by Crippen LogP contribution is -2.30. The summed E-state index contributed by atoms with van der Waals surface area (Å²) in [5, 5.41) is 18.5. The lowest BCUT2D eigenvalue weighted by Gasteiger charge is -2.17. The molecule has 0 unspecified atom stereocenters. The second-order valence-electron chi connectivity index (χ2n) is 6.97. The Bertz CT molecular complexity index is 972. The highest BCUT2D eigenvalue weighted by Gasteiger charge is 2.14. The van der Waals surface area contributed by atoms with E-state index in [2.05, 4.69) is 30.9 Å². The Balaban J connectivity index is 1.68. The molecule has 0 saturated heterocycles. The molecule has 0 aliphatic heterocycles. The number of hydrogen-bond donors (Lipinski definition) is 4. The molecule has 0 aliphatic carbocycles. The number of hydrogen-bond acceptors (Lipinski definition) is 7. The number of rotatable bonds is 7. The van der Waals surface area contributed by atoms with Crippen molar-refractivity contribution in [1.29, 1.82) is 0 Å². The number of nitrogens with zero attached hydrogens (tertiary/aromatic N) is 3. The highest BCUT2D eigenvalue weighted by Crippen LogP contribution is 2.25. The van der Waals surface area contributed by atoms with Gasteiger partial charge in [0.15, 0.2) is 0 Å². The van der Waals surface area contributed by atoms with Crippen LogP contribution >= 0.6 is 0 Å². The molecule has 1 aromatic carbocycles. The van der Waals surface area contributed by atoms with Crippen LogP contribution in [-0.4, -0.2) is 38.1 Å². The summed E-state index contributed by atoms with van der Waals surface area (Å²) in [5.74, 6) is -0.422. The molecule has 0 bridgehead atoms. The monoisotopic (exact) mass is 396 g/mol. The number of nitrogens with one attached hydrogen (secondary N) is 3. The summed E-state index contributed by atoms with van der Waals surface area (Å²) < 4.78 is 13.1. The Hall–Kier alpha value is -3.59. The van der Waals surface area contributed by atoms with Crippen molar-refractivity contribution in [2.75, 3.05) is 22.5 Å². The summed E-state index contributed by atoms with van der Waals surface area (Å²) in [4.78, 5) is 24.8. The molecule has 3 rings (SSSR count). The fourth-order valence-electron chi connectivity index (χ4n) is 2.32. The third-order valence-electron chi connectivity index (χ3n) is 3.79. The van der Waals surface area contributed by atoms with Crippen molar-refractivity contribution < 1.29 is 14.3 Å². The van der Waals surface area contributed by atoms with Gasteiger partial charge in [0.25, 0.3) is 5.91 Å². The minimum absolute atomic E-state index is 0.267. The number of amides is 1. The number of benzene rings is 1. The van der Waals surface area contributed by atoms with E-state index in [1.54, 1.807) is 44.4 Å². The van der Waals surface area contributed by atoms with E-state index < -0.39 is 11.5 Å². The molecule has 8 nitrogen and oxygen atoms in total. The van der Waals surface area contributed by atoms with E-state index in [4.69, 9.17) is 0 Å². The van der Waals surface area contributed by atoms with Crippen LogP contribution in [0, 0.1) is 5.82 Å². The predicted molar refractivity (Wildman–Crippen MR) is 109 cm³/mol. The van der Waals surface area contributed by atoms with Crippen LogP contribution in [0.2, 0.25) is 0 Å². The molecule has 4 N–H and O–H groups in total. The molecule has 3 aromatic rings. The van der Waals surface area contributed by atoms with Crippen molar-refractivity contribution in [2.45, 2.75) is 19.4 Å².